The zero-order valence-corrected chi connectivity index (χ0v) is 10.3. The van der Waals surface area contributed by atoms with Gasteiger partial charge in [-0.2, -0.15) is 8.42 Å². The minimum atomic E-state index is -4.29. The van der Waals surface area contributed by atoms with Crippen LogP contribution in [0.5, 0.6) is 5.88 Å². The van der Waals surface area contributed by atoms with Crippen molar-refractivity contribution < 1.29 is 17.5 Å². The van der Waals surface area contributed by atoms with Crippen molar-refractivity contribution in [3.05, 3.63) is 58.8 Å². The van der Waals surface area contributed by atoms with Crippen molar-refractivity contribution in [3.8, 4) is 5.88 Å². The number of hydrogen-bond acceptors (Lipinski definition) is 6. The second kappa shape index (κ2) is 5.02. The maximum Gasteiger partial charge on any atom is 0.347 e. The van der Waals surface area contributed by atoms with E-state index < -0.39 is 25.6 Å². The highest BCUT2D eigenvalue weighted by Crippen LogP contribution is 2.25. The zero-order valence-electron chi connectivity index (χ0n) is 9.46. The minimum Gasteiger partial charge on any atom is -0.358 e. The van der Waals surface area contributed by atoms with E-state index in [4.69, 9.17) is 4.18 Å². The lowest BCUT2D eigenvalue weighted by atomic mass is 10.3. The predicted octanol–water partition coefficient (Wildman–Crippen LogP) is 1.76. The Balaban J connectivity index is 2.43. The molecule has 0 saturated heterocycles. The maximum absolute atomic E-state index is 12.0. The topological polar surface area (TPSA) is 99.4 Å². The van der Waals surface area contributed by atoms with Crippen LogP contribution in [-0.2, 0) is 10.1 Å². The molecule has 98 valence electrons. The molecular formula is C11H8N2O5S. The Bertz CT molecular complexity index is 700. The SMILES string of the molecule is O=[N+]([O-])c1ccccc1S(=O)(=O)Oc1ccccn1. The first-order valence-electron chi connectivity index (χ1n) is 5.09. The molecule has 0 spiro atoms. The van der Waals surface area contributed by atoms with Crippen LogP contribution in [0.1, 0.15) is 0 Å². The van der Waals surface area contributed by atoms with Gasteiger partial charge in [0.25, 0.3) is 5.69 Å². The lowest BCUT2D eigenvalue weighted by molar-refractivity contribution is -0.387. The summed E-state index contributed by atoms with van der Waals surface area (Å²) in [7, 11) is -4.29. The van der Waals surface area contributed by atoms with Gasteiger partial charge < -0.3 is 4.18 Å². The quantitative estimate of drug-likeness (QED) is 0.480. The number of benzene rings is 1. The van der Waals surface area contributed by atoms with E-state index in [1.165, 1.54) is 30.5 Å². The Morgan fingerprint density at radius 3 is 2.42 bits per heavy atom. The van der Waals surface area contributed by atoms with E-state index in [1.54, 1.807) is 6.07 Å². The Kier molecular flexibility index (Phi) is 3.43. The van der Waals surface area contributed by atoms with Crippen LogP contribution in [0.3, 0.4) is 0 Å². The van der Waals surface area contributed by atoms with Crippen LogP contribution in [0.2, 0.25) is 0 Å². The van der Waals surface area contributed by atoms with E-state index in [0.717, 1.165) is 12.1 Å². The number of nitrogens with zero attached hydrogens (tertiary/aromatic N) is 2. The highest BCUT2D eigenvalue weighted by molar-refractivity contribution is 7.87. The van der Waals surface area contributed by atoms with Gasteiger partial charge in [-0.15, -0.1) is 0 Å². The van der Waals surface area contributed by atoms with Crippen LogP contribution in [-0.4, -0.2) is 18.3 Å². The summed E-state index contributed by atoms with van der Waals surface area (Å²) in [6.45, 7) is 0. The summed E-state index contributed by atoms with van der Waals surface area (Å²) < 4.78 is 28.7. The van der Waals surface area contributed by atoms with Gasteiger partial charge in [0, 0.05) is 18.3 Å². The summed E-state index contributed by atoms with van der Waals surface area (Å²) in [6.07, 6.45) is 1.35. The van der Waals surface area contributed by atoms with Gasteiger partial charge in [-0.05, 0) is 12.1 Å². The third-order valence-corrected chi connectivity index (χ3v) is 3.44. The average molecular weight is 280 g/mol. The first-order chi connectivity index (χ1) is 9.00. The summed E-state index contributed by atoms with van der Waals surface area (Å²) in [5, 5.41) is 10.8. The van der Waals surface area contributed by atoms with Crippen molar-refractivity contribution in [1.82, 2.24) is 4.98 Å². The second-order valence-corrected chi connectivity index (χ2v) is 4.95. The number of nitro benzene ring substituents is 1. The highest BCUT2D eigenvalue weighted by atomic mass is 32.2. The predicted molar refractivity (Wildman–Crippen MR) is 65.1 cm³/mol. The molecule has 0 saturated carbocycles. The normalized spacial score (nSPS) is 10.9. The molecule has 8 heteroatoms. The molecule has 2 aromatic rings. The van der Waals surface area contributed by atoms with E-state index in [-0.39, 0.29) is 5.88 Å². The van der Waals surface area contributed by atoms with Gasteiger partial charge in [0.2, 0.25) is 5.88 Å². The lowest BCUT2D eigenvalue weighted by Crippen LogP contribution is -2.12. The van der Waals surface area contributed by atoms with Gasteiger partial charge in [0.05, 0.1) is 4.92 Å². The van der Waals surface area contributed by atoms with E-state index in [0.29, 0.717) is 0 Å². The van der Waals surface area contributed by atoms with Gasteiger partial charge in [0.15, 0.2) is 4.90 Å². The zero-order chi connectivity index (χ0) is 13.9. The Labute approximate surface area is 108 Å². The molecule has 7 nitrogen and oxygen atoms in total. The summed E-state index contributed by atoms with van der Waals surface area (Å²) in [5.74, 6) is -0.152. The van der Waals surface area contributed by atoms with Gasteiger partial charge in [0.1, 0.15) is 0 Å². The first kappa shape index (κ1) is 13.0. The van der Waals surface area contributed by atoms with Gasteiger partial charge in [-0.25, -0.2) is 4.98 Å². The van der Waals surface area contributed by atoms with E-state index in [9.17, 15) is 18.5 Å². The van der Waals surface area contributed by atoms with Crippen molar-refractivity contribution in [2.24, 2.45) is 0 Å². The van der Waals surface area contributed by atoms with Gasteiger partial charge >= 0.3 is 10.1 Å². The Morgan fingerprint density at radius 1 is 1.11 bits per heavy atom. The Hall–Kier alpha value is -2.48. The van der Waals surface area contributed by atoms with Crippen molar-refractivity contribution in [2.75, 3.05) is 0 Å². The summed E-state index contributed by atoms with van der Waals surface area (Å²) >= 11 is 0. The fourth-order valence-electron chi connectivity index (χ4n) is 1.37. The highest BCUT2D eigenvalue weighted by Gasteiger charge is 2.27. The van der Waals surface area contributed by atoms with Crippen LogP contribution in [0, 0.1) is 10.1 Å². The molecule has 1 aromatic heterocycles. The summed E-state index contributed by atoms with van der Waals surface area (Å²) in [4.78, 5) is 13.2. The van der Waals surface area contributed by atoms with Crippen LogP contribution < -0.4 is 4.18 Å². The van der Waals surface area contributed by atoms with E-state index in [2.05, 4.69) is 4.98 Å². The molecule has 0 amide bonds. The van der Waals surface area contributed by atoms with Crippen molar-refractivity contribution >= 4 is 15.8 Å². The third kappa shape index (κ3) is 2.86. The van der Waals surface area contributed by atoms with Crippen molar-refractivity contribution in [1.29, 1.82) is 0 Å². The molecule has 0 radical (unpaired) electrons. The first-order valence-corrected chi connectivity index (χ1v) is 6.50. The van der Waals surface area contributed by atoms with Crippen LogP contribution in [0.15, 0.2) is 53.6 Å². The molecule has 0 aliphatic heterocycles. The number of aromatic nitrogens is 1. The summed E-state index contributed by atoms with van der Waals surface area (Å²) in [5.41, 5.74) is -0.543. The molecule has 0 unspecified atom stereocenters. The number of pyridine rings is 1. The fourth-order valence-corrected chi connectivity index (χ4v) is 2.43. The fraction of sp³-hybridized carbons (Fsp3) is 0. The third-order valence-electron chi connectivity index (χ3n) is 2.16. The van der Waals surface area contributed by atoms with E-state index >= 15 is 0 Å². The van der Waals surface area contributed by atoms with E-state index in [1.807, 2.05) is 0 Å². The van der Waals surface area contributed by atoms with Gasteiger partial charge in [-0.1, -0.05) is 18.2 Å². The molecule has 0 aliphatic rings. The van der Waals surface area contributed by atoms with Crippen molar-refractivity contribution in [3.63, 3.8) is 0 Å². The number of hydrogen-bond donors (Lipinski definition) is 0. The number of para-hydroxylation sites is 1. The molecule has 2 rings (SSSR count). The minimum absolute atomic E-state index is 0.152. The standard InChI is InChI=1S/C11H8N2O5S/c14-13(15)9-5-1-2-6-10(9)19(16,17)18-11-7-3-4-8-12-11/h1-8H. The lowest BCUT2D eigenvalue weighted by Gasteiger charge is -2.05. The van der Waals surface area contributed by atoms with Crippen LogP contribution in [0.4, 0.5) is 5.69 Å². The summed E-state index contributed by atoms with van der Waals surface area (Å²) in [6, 6.07) is 9.42. The molecule has 0 aliphatic carbocycles. The van der Waals surface area contributed by atoms with Gasteiger partial charge in [-0.3, -0.25) is 10.1 Å². The monoisotopic (exact) mass is 280 g/mol. The molecular weight excluding hydrogens is 272 g/mol. The van der Waals surface area contributed by atoms with Crippen LogP contribution >= 0.6 is 0 Å². The largest absolute Gasteiger partial charge is 0.358 e. The molecule has 0 bridgehead atoms. The van der Waals surface area contributed by atoms with Crippen LogP contribution in [0.25, 0.3) is 0 Å². The molecule has 0 fully saturated rings. The molecule has 19 heavy (non-hydrogen) atoms. The molecule has 0 N–H and O–H groups in total. The number of nitro groups is 1. The average Bonchev–Trinajstić information content (AvgIpc) is 2.39. The Morgan fingerprint density at radius 2 is 1.79 bits per heavy atom. The molecule has 1 heterocycles. The maximum atomic E-state index is 12.0. The molecule has 1 aromatic carbocycles. The number of rotatable bonds is 4. The smallest absolute Gasteiger partial charge is 0.347 e. The van der Waals surface area contributed by atoms with Crippen molar-refractivity contribution in [2.45, 2.75) is 4.90 Å². The molecule has 0 atom stereocenters. The second-order valence-electron chi connectivity index (χ2n) is 3.43.